The summed E-state index contributed by atoms with van der Waals surface area (Å²) in [6, 6.07) is 8.30. The number of ether oxygens (including phenoxy) is 1. The molecule has 1 heterocycles. The average molecular weight is 288 g/mol. The average Bonchev–Trinajstić information content (AvgIpc) is 2.86. The minimum atomic E-state index is 0.0882. The Morgan fingerprint density at radius 2 is 2.14 bits per heavy atom. The number of carbonyl (C=O) groups excluding carboxylic acids is 1. The van der Waals surface area contributed by atoms with Gasteiger partial charge in [0.2, 0.25) is 5.91 Å². The number of nitrogens with one attached hydrogen (secondary N) is 1. The van der Waals surface area contributed by atoms with Gasteiger partial charge in [-0.1, -0.05) is 13.0 Å². The van der Waals surface area contributed by atoms with E-state index < -0.39 is 0 Å². The zero-order valence-corrected chi connectivity index (χ0v) is 13.1. The van der Waals surface area contributed by atoms with E-state index in [9.17, 15) is 4.79 Å². The van der Waals surface area contributed by atoms with E-state index in [1.54, 1.807) is 0 Å². The third-order valence-corrected chi connectivity index (χ3v) is 3.26. The van der Waals surface area contributed by atoms with Crippen LogP contribution in [0.25, 0.3) is 10.9 Å². The first-order valence-corrected chi connectivity index (χ1v) is 7.62. The Morgan fingerprint density at radius 3 is 2.86 bits per heavy atom. The Kier molecular flexibility index (Phi) is 5.26. The highest BCUT2D eigenvalue weighted by Crippen LogP contribution is 2.26. The number of fused-ring (bicyclic) bond motifs is 1. The summed E-state index contributed by atoms with van der Waals surface area (Å²) < 4.78 is 7.87. The number of amides is 1. The van der Waals surface area contributed by atoms with Crippen LogP contribution in [-0.2, 0) is 11.3 Å². The van der Waals surface area contributed by atoms with Gasteiger partial charge in [0.1, 0.15) is 5.75 Å². The third kappa shape index (κ3) is 4.00. The van der Waals surface area contributed by atoms with Gasteiger partial charge in [0.15, 0.2) is 0 Å². The van der Waals surface area contributed by atoms with Gasteiger partial charge >= 0.3 is 0 Å². The number of carbonyl (C=O) groups is 1. The number of benzene rings is 1. The molecule has 0 saturated heterocycles. The van der Waals surface area contributed by atoms with Crippen molar-refractivity contribution in [3.05, 3.63) is 30.5 Å². The lowest BCUT2D eigenvalue weighted by molar-refractivity contribution is -0.121. The summed E-state index contributed by atoms with van der Waals surface area (Å²) in [4.78, 5) is 11.7. The van der Waals surface area contributed by atoms with Gasteiger partial charge in [-0.3, -0.25) is 4.79 Å². The van der Waals surface area contributed by atoms with Crippen molar-refractivity contribution < 1.29 is 9.53 Å². The number of aromatic nitrogens is 1. The molecule has 1 aromatic heterocycles. The fourth-order valence-electron chi connectivity index (χ4n) is 2.34. The maximum atomic E-state index is 11.7. The van der Waals surface area contributed by atoms with Crippen LogP contribution in [0.5, 0.6) is 5.75 Å². The second-order valence-electron chi connectivity index (χ2n) is 5.52. The van der Waals surface area contributed by atoms with Crippen LogP contribution in [-0.4, -0.2) is 23.1 Å². The molecule has 4 nitrogen and oxygen atoms in total. The summed E-state index contributed by atoms with van der Waals surface area (Å²) in [7, 11) is 0. The highest BCUT2D eigenvalue weighted by Gasteiger charge is 2.08. The second kappa shape index (κ2) is 7.16. The topological polar surface area (TPSA) is 43.3 Å². The summed E-state index contributed by atoms with van der Waals surface area (Å²) in [5.74, 6) is 1.00. The molecule has 114 valence electrons. The van der Waals surface area contributed by atoms with Gasteiger partial charge in [0, 0.05) is 30.6 Å². The van der Waals surface area contributed by atoms with Gasteiger partial charge in [-0.05, 0) is 38.5 Å². The molecule has 0 aliphatic carbocycles. The molecule has 0 atom stereocenters. The Hall–Kier alpha value is -1.97. The van der Waals surface area contributed by atoms with E-state index in [1.165, 1.54) is 0 Å². The molecule has 2 aromatic rings. The predicted octanol–water partition coefficient (Wildman–Crippen LogP) is 3.34. The lowest BCUT2D eigenvalue weighted by Crippen LogP contribution is -2.30. The van der Waals surface area contributed by atoms with Crippen LogP contribution >= 0.6 is 0 Å². The predicted molar refractivity (Wildman–Crippen MR) is 85.6 cm³/mol. The minimum Gasteiger partial charge on any atom is -0.493 e. The van der Waals surface area contributed by atoms with Crippen LogP contribution in [0.3, 0.4) is 0 Å². The van der Waals surface area contributed by atoms with Crippen molar-refractivity contribution in [3.8, 4) is 5.75 Å². The first-order chi connectivity index (χ1) is 10.1. The molecule has 0 radical (unpaired) electrons. The largest absolute Gasteiger partial charge is 0.493 e. The summed E-state index contributed by atoms with van der Waals surface area (Å²) in [5.41, 5.74) is 1.11. The highest BCUT2D eigenvalue weighted by molar-refractivity contribution is 5.86. The van der Waals surface area contributed by atoms with Crippen molar-refractivity contribution in [2.75, 3.05) is 6.61 Å². The first kappa shape index (κ1) is 15.4. The molecule has 0 aliphatic heterocycles. The molecule has 2 rings (SSSR count). The third-order valence-electron chi connectivity index (χ3n) is 3.26. The van der Waals surface area contributed by atoms with Gasteiger partial charge in [-0.2, -0.15) is 0 Å². The molecule has 21 heavy (non-hydrogen) atoms. The summed E-state index contributed by atoms with van der Waals surface area (Å²) in [6.45, 7) is 7.44. The SMILES string of the molecule is CCCOc1cccc2c1ccn2CCC(=O)NC(C)C. The molecular weight excluding hydrogens is 264 g/mol. The number of nitrogens with zero attached hydrogens (tertiary/aromatic N) is 1. The zero-order chi connectivity index (χ0) is 15.2. The lowest BCUT2D eigenvalue weighted by Gasteiger charge is -2.10. The van der Waals surface area contributed by atoms with Crippen LogP contribution in [0.2, 0.25) is 0 Å². The fourth-order valence-corrected chi connectivity index (χ4v) is 2.34. The van der Waals surface area contributed by atoms with Crippen LogP contribution < -0.4 is 10.1 Å². The van der Waals surface area contributed by atoms with Crippen molar-refractivity contribution in [1.29, 1.82) is 0 Å². The Morgan fingerprint density at radius 1 is 1.33 bits per heavy atom. The summed E-state index contributed by atoms with van der Waals surface area (Å²) in [5, 5.41) is 4.02. The Balaban J connectivity index is 2.09. The van der Waals surface area contributed by atoms with Crippen molar-refractivity contribution in [1.82, 2.24) is 9.88 Å². The molecule has 0 bridgehead atoms. The standard InChI is InChI=1S/C17H24N2O2/c1-4-12-21-16-7-5-6-15-14(16)8-10-19(15)11-9-17(20)18-13(2)3/h5-8,10,13H,4,9,11-12H2,1-3H3,(H,18,20). The monoisotopic (exact) mass is 288 g/mol. The smallest absolute Gasteiger partial charge is 0.221 e. The Bertz CT molecular complexity index is 602. The maximum absolute atomic E-state index is 11.7. The molecule has 0 aliphatic rings. The zero-order valence-electron chi connectivity index (χ0n) is 13.1. The van der Waals surface area contributed by atoms with Crippen LogP contribution in [0.4, 0.5) is 0 Å². The van der Waals surface area contributed by atoms with Crippen molar-refractivity contribution in [2.45, 2.75) is 46.2 Å². The number of aryl methyl sites for hydroxylation is 1. The summed E-state index contributed by atoms with van der Waals surface area (Å²) >= 11 is 0. The molecule has 1 amide bonds. The maximum Gasteiger partial charge on any atom is 0.221 e. The van der Waals surface area contributed by atoms with E-state index in [1.807, 2.05) is 32.2 Å². The molecule has 0 fully saturated rings. The lowest BCUT2D eigenvalue weighted by atomic mass is 10.2. The van der Waals surface area contributed by atoms with Crippen molar-refractivity contribution in [2.24, 2.45) is 0 Å². The van der Waals surface area contributed by atoms with Gasteiger partial charge in [0.25, 0.3) is 0 Å². The number of rotatable bonds is 7. The van der Waals surface area contributed by atoms with E-state index in [-0.39, 0.29) is 11.9 Å². The number of hydrogen-bond donors (Lipinski definition) is 1. The summed E-state index contributed by atoms with van der Waals surface area (Å²) in [6.07, 6.45) is 3.50. The van der Waals surface area contributed by atoms with E-state index in [0.717, 1.165) is 29.7 Å². The molecular formula is C17H24N2O2. The Labute approximate surface area is 126 Å². The number of hydrogen-bond acceptors (Lipinski definition) is 2. The molecule has 1 aromatic carbocycles. The fraction of sp³-hybridized carbons (Fsp3) is 0.471. The van der Waals surface area contributed by atoms with Gasteiger partial charge in [0.05, 0.1) is 12.1 Å². The van der Waals surface area contributed by atoms with E-state index in [4.69, 9.17) is 4.74 Å². The van der Waals surface area contributed by atoms with Gasteiger partial charge in [-0.25, -0.2) is 0 Å². The minimum absolute atomic E-state index is 0.0882. The second-order valence-corrected chi connectivity index (χ2v) is 5.52. The van der Waals surface area contributed by atoms with Crippen LogP contribution in [0.15, 0.2) is 30.5 Å². The van der Waals surface area contributed by atoms with E-state index in [0.29, 0.717) is 13.0 Å². The first-order valence-electron chi connectivity index (χ1n) is 7.62. The van der Waals surface area contributed by atoms with E-state index >= 15 is 0 Å². The van der Waals surface area contributed by atoms with E-state index in [2.05, 4.69) is 28.9 Å². The van der Waals surface area contributed by atoms with Crippen molar-refractivity contribution >= 4 is 16.8 Å². The van der Waals surface area contributed by atoms with Crippen LogP contribution in [0, 0.1) is 0 Å². The molecule has 0 unspecified atom stereocenters. The molecule has 1 N–H and O–H groups in total. The van der Waals surface area contributed by atoms with Gasteiger partial charge < -0.3 is 14.6 Å². The highest BCUT2D eigenvalue weighted by atomic mass is 16.5. The normalized spacial score (nSPS) is 11.0. The molecule has 0 saturated carbocycles. The van der Waals surface area contributed by atoms with Gasteiger partial charge in [-0.15, -0.1) is 0 Å². The quantitative estimate of drug-likeness (QED) is 0.849. The molecule has 4 heteroatoms. The van der Waals surface area contributed by atoms with Crippen molar-refractivity contribution in [3.63, 3.8) is 0 Å². The molecule has 0 spiro atoms. The van der Waals surface area contributed by atoms with Crippen LogP contribution in [0.1, 0.15) is 33.6 Å².